The Morgan fingerprint density at radius 2 is 1.50 bits per heavy atom. The van der Waals surface area contributed by atoms with Gasteiger partial charge in [-0.2, -0.15) is 0 Å². The van der Waals surface area contributed by atoms with Gasteiger partial charge in [0.1, 0.15) is 11.5 Å². The zero-order valence-electron chi connectivity index (χ0n) is 18.2. The molecule has 30 heavy (non-hydrogen) atoms. The molecule has 3 rings (SSSR count). The van der Waals surface area contributed by atoms with Crippen LogP contribution in [0.2, 0.25) is 0 Å². The molecule has 0 N–H and O–H groups in total. The Bertz CT molecular complexity index is 977. The van der Waals surface area contributed by atoms with Gasteiger partial charge in [0.2, 0.25) is 0 Å². The van der Waals surface area contributed by atoms with Crippen molar-refractivity contribution in [1.82, 2.24) is 0 Å². The van der Waals surface area contributed by atoms with Crippen molar-refractivity contribution in [2.75, 3.05) is 45.1 Å². The van der Waals surface area contributed by atoms with Crippen molar-refractivity contribution in [2.45, 2.75) is 5.92 Å². The van der Waals surface area contributed by atoms with Crippen LogP contribution in [0.3, 0.4) is 0 Å². The topological polar surface area (TPSA) is 42.0 Å². The van der Waals surface area contributed by atoms with Gasteiger partial charge in [0.05, 0.1) is 12.7 Å². The fraction of sp³-hybridized carbons (Fsp3) is 0.240. The molecule has 0 saturated heterocycles. The van der Waals surface area contributed by atoms with Crippen LogP contribution < -0.4 is 14.5 Å². The molecule has 1 aliphatic heterocycles. The molecule has 0 spiro atoms. The molecule has 0 saturated carbocycles. The SMILES string of the molecule is C=C/C(=C\C(=C)C(=O)OC)C1c2ccc(N(C)C)cc2Oc2cc(N(C)C)ccc21. The highest BCUT2D eigenvalue weighted by atomic mass is 16.5. The van der Waals surface area contributed by atoms with Crippen LogP contribution in [0.15, 0.2) is 72.9 Å². The second-order valence-corrected chi connectivity index (χ2v) is 7.63. The van der Waals surface area contributed by atoms with E-state index in [2.05, 4.69) is 37.4 Å². The molecular weight excluding hydrogens is 376 g/mol. The van der Waals surface area contributed by atoms with Crippen LogP contribution >= 0.6 is 0 Å². The smallest absolute Gasteiger partial charge is 0.337 e. The summed E-state index contributed by atoms with van der Waals surface area (Å²) in [4.78, 5) is 16.0. The van der Waals surface area contributed by atoms with Gasteiger partial charge in [0, 0.05) is 68.7 Å². The van der Waals surface area contributed by atoms with Crippen LogP contribution in [-0.2, 0) is 9.53 Å². The lowest BCUT2D eigenvalue weighted by molar-refractivity contribution is -0.135. The summed E-state index contributed by atoms with van der Waals surface area (Å²) in [6.07, 6.45) is 3.50. The number of rotatable bonds is 6. The predicted molar refractivity (Wildman–Crippen MR) is 123 cm³/mol. The van der Waals surface area contributed by atoms with Crippen LogP contribution in [0.5, 0.6) is 11.5 Å². The van der Waals surface area contributed by atoms with Crippen LogP contribution in [-0.4, -0.2) is 41.3 Å². The normalized spacial score (nSPS) is 12.9. The van der Waals surface area contributed by atoms with Gasteiger partial charge >= 0.3 is 5.97 Å². The number of hydrogen-bond donors (Lipinski definition) is 0. The van der Waals surface area contributed by atoms with E-state index in [0.717, 1.165) is 39.6 Å². The largest absolute Gasteiger partial charge is 0.465 e. The minimum Gasteiger partial charge on any atom is -0.465 e. The highest BCUT2D eigenvalue weighted by molar-refractivity contribution is 5.91. The zero-order chi connectivity index (χ0) is 22.0. The van der Waals surface area contributed by atoms with Gasteiger partial charge in [0.25, 0.3) is 0 Å². The highest BCUT2D eigenvalue weighted by Gasteiger charge is 2.30. The standard InChI is InChI=1S/C25H28N2O3/c1-8-17(13-16(2)25(28)29-7)24-20-11-9-18(26(3)4)14-22(20)30-23-15-19(27(5)6)10-12-21(23)24/h8-15,24H,1-2H2,3-7H3/b17-13+. The first-order chi connectivity index (χ1) is 14.3. The Kier molecular flexibility index (Phi) is 6.01. The summed E-state index contributed by atoms with van der Waals surface area (Å²) in [5.74, 6) is 0.958. The van der Waals surface area contributed by atoms with Crippen LogP contribution in [0.1, 0.15) is 17.0 Å². The molecule has 5 nitrogen and oxygen atoms in total. The first kappa shape index (κ1) is 21.2. The summed E-state index contributed by atoms with van der Waals surface area (Å²) < 4.78 is 11.1. The summed E-state index contributed by atoms with van der Waals surface area (Å²) in [5.41, 5.74) is 5.23. The van der Waals surface area contributed by atoms with E-state index in [1.165, 1.54) is 7.11 Å². The quantitative estimate of drug-likeness (QED) is 0.389. The number of carbonyl (C=O) groups excluding carboxylic acids is 1. The molecule has 0 radical (unpaired) electrons. The number of allylic oxidation sites excluding steroid dienone is 2. The Morgan fingerprint density at radius 1 is 1.00 bits per heavy atom. The first-order valence-electron chi connectivity index (χ1n) is 9.68. The molecule has 156 valence electrons. The molecule has 2 aromatic carbocycles. The van der Waals surface area contributed by atoms with E-state index in [-0.39, 0.29) is 11.5 Å². The molecule has 0 atom stereocenters. The van der Waals surface area contributed by atoms with Gasteiger partial charge in [-0.3, -0.25) is 0 Å². The Balaban J connectivity index is 2.21. The maximum absolute atomic E-state index is 11.9. The second kappa shape index (κ2) is 8.49. The second-order valence-electron chi connectivity index (χ2n) is 7.63. The number of fused-ring (bicyclic) bond motifs is 2. The molecule has 0 fully saturated rings. The molecule has 1 aliphatic rings. The van der Waals surface area contributed by atoms with E-state index >= 15 is 0 Å². The summed E-state index contributed by atoms with van der Waals surface area (Å²) in [5, 5.41) is 0. The van der Waals surface area contributed by atoms with Gasteiger partial charge in [-0.15, -0.1) is 0 Å². The van der Waals surface area contributed by atoms with Crippen LogP contribution in [0.4, 0.5) is 11.4 Å². The third kappa shape index (κ3) is 3.96. The molecule has 2 aromatic rings. The minimum absolute atomic E-state index is 0.143. The van der Waals surface area contributed by atoms with Gasteiger partial charge in [-0.1, -0.05) is 31.4 Å². The molecule has 0 unspecified atom stereocenters. The molecular formula is C25H28N2O3. The summed E-state index contributed by atoms with van der Waals surface area (Å²) >= 11 is 0. The average Bonchev–Trinajstić information content (AvgIpc) is 2.74. The summed E-state index contributed by atoms with van der Waals surface area (Å²) in [7, 11) is 9.33. The van der Waals surface area contributed by atoms with Crippen molar-refractivity contribution in [1.29, 1.82) is 0 Å². The number of benzene rings is 2. The van der Waals surface area contributed by atoms with Crippen molar-refractivity contribution in [3.63, 3.8) is 0 Å². The van der Waals surface area contributed by atoms with Gasteiger partial charge in [-0.05, 0) is 23.8 Å². The van der Waals surface area contributed by atoms with Crippen LogP contribution in [0, 0.1) is 0 Å². The number of anilines is 2. The van der Waals surface area contributed by atoms with Crippen molar-refractivity contribution in [3.8, 4) is 11.5 Å². The van der Waals surface area contributed by atoms with Gasteiger partial charge < -0.3 is 19.3 Å². The predicted octanol–water partition coefficient (Wildman–Crippen LogP) is 4.90. The zero-order valence-corrected chi connectivity index (χ0v) is 18.2. The molecule has 0 aromatic heterocycles. The van der Waals surface area contributed by atoms with E-state index in [4.69, 9.17) is 9.47 Å². The lowest BCUT2D eigenvalue weighted by Gasteiger charge is -2.31. The molecule has 0 bridgehead atoms. The Morgan fingerprint density at radius 3 is 1.90 bits per heavy atom. The van der Waals surface area contributed by atoms with E-state index in [9.17, 15) is 4.79 Å². The van der Waals surface area contributed by atoms with Crippen molar-refractivity contribution in [2.24, 2.45) is 0 Å². The van der Waals surface area contributed by atoms with E-state index in [1.54, 1.807) is 12.2 Å². The number of carbonyl (C=O) groups is 1. The monoisotopic (exact) mass is 404 g/mol. The number of hydrogen-bond acceptors (Lipinski definition) is 5. The van der Waals surface area contributed by atoms with Crippen molar-refractivity contribution < 1.29 is 14.3 Å². The Hall–Kier alpha value is -3.47. The minimum atomic E-state index is -0.465. The molecule has 1 heterocycles. The number of nitrogens with zero attached hydrogens (tertiary/aromatic N) is 2. The number of ether oxygens (including phenoxy) is 2. The summed E-state index contributed by atoms with van der Waals surface area (Å²) in [6, 6.07) is 12.3. The molecule has 5 heteroatoms. The Labute approximate surface area is 178 Å². The van der Waals surface area contributed by atoms with Gasteiger partial charge in [-0.25, -0.2) is 4.79 Å². The van der Waals surface area contributed by atoms with E-state index in [0.29, 0.717) is 0 Å². The molecule has 0 amide bonds. The van der Waals surface area contributed by atoms with Crippen LogP contribution in [0.25, 0.3) is 0 Å². The maximum Gasteiger partial charge on any atom is 0.337 e. The summed E-state index contributed by atoms with van der Waals surface area (Å²) in [6.45, 7) is 7.84. The average molecular weight is 405 g/mol. The third-order valence-corrected chi connectivity index (χ3v) is 5.23. The maximum atomic E-state index is 11.9. The van der Waals surface area contributed by atoms with Crippen molar-refractivity contribution in [3.05, 3.63) is 84.0 Å². The number of methoxy groups -OCH3 is 1. The lowest BCUT2D eigenvalue weighted by Crippen LogP contribution is -2.16. The van der Waals surface area contributed by atoms with E-state index in [1.807, 2.05) is 50.1 Å². The molecule has 0 aliphatic carbocycles. The highest BCUT2D eigenvalue weighted by Crippen LogP contribution is 2.49. The third-order valence-electron chi connectivity index (χ3n) is 5.23. The van der Waals surface area contributed by atoms with Crippen molar-refractivity contribution >= 4 is 17.3 Å². The first-order valence-corrected chi connectivity index (χ1v) is 9.68. The van der Waals surface area contributed by atoms with Gasteiger partial charge in [0.15, 0.2) is 0 Å². The fourth-order valence-corrected chi connectivity index (χ4v) is 3.55. The fourth-order valence-electron chi connectivity index (χ4n) is 3.55. The number of esters is 1. The lowest BCUT2D eigenvalue weighted by atomic mass is 9.81. The van der Waals surface area contributed by atoms with E-state index < -0.39 is 5.97 Å².